The Morgan fingerprint density at radius 1 is 1.09 bits per heavy atom. The smallest absolute Gasteiger partial charge is 0.295 e. The van der Waals surface area contributed by atoms with E-state index in [9.17, 15) is 19.1 Å². The summed E-state index contributed by atoms with van der Waals surface area (Å²) in [7, 11) is 2.93. The fourth-order valence-corrected chi connectivity index (χ4v) is 4.63. The maximum absolute atomic E-state index is 13.6. The summed E-state index contributed by atoms with van der Waals surface area (Å²) in [5.41, 5.74) is 0.561. The van der Waals surface area contributed by atoms with Gasteiger partial charge in [0.2, 0.25) is 5.78 Å². The second-order valence-electron chi connectivity index (χ2n) is 8.56. The first-order valence-corrected chi connectivity index (χ1v) is 11.6. The van der Waals surface area contributed by atoms with Gasteiger partial charge in [0.15, 0.2) is 11.5 Å². The largest absolute Gasteiger partial charge is 0.872 e. The molecule has 2 aromatic carbocycles. The highest BCUT2D eigenvalue weighted by Crippen LogP contribution is 2.39. The number of nitrogens with zero attached hydrogens (tertiary/aromatic N) is 1. The number of Topliss-reactive ketones (excluding diaryl/α,β-unsaturated/α-hetero) is 1. The van der Waals surface area contributed by atoms with Crippen LogP contribution in [0.15, 0.2) is 48.0 Å². The highest BCUT2D eigenvalue weighted by Gasteiger charge is 2.44. The second-order valence-corrected chi connectivity index (χ2v) is 8.56. The Bertz CT molecular complexity index is 1110. The summed E-state index contributed by atoms with van der Waals surface area (Å²) < 4.78 is 29.6. The predicted molar refractivity (Wildman–Crippen MR) is 123 cm³/mol. The normalized spacial score (nSPS) is 20.3. The van der Waals surface area contributed by atoms with Crippen LogP contribution in [0.25, 0.3) is 5.76 Å². The number of nitrogens with one attached hydrogen (secondary N) is 1. The van der Waals surface area contributed by atoms with E-state index < -0.39 is 29.3 Å². The van der Waals surface area contributed by atoms with E-state index in [1.807, 2.05) is 0 Å². The van der Waals surface area contributed by atoms with Gasteiger partial charge in [-0.2, -0.15) is 0 Å². The molecular formula is C26H29FN2O6. The molecule has 1 unspecified atom stereocenters. The minimum absolute atomic E-state index is 0.146. The fourth-order valence-electron chi connectivity index (χ4n) is 4.63. The number of quaternary nitrogens is 1. The number of likely N-dealkylation sites (tertiary alicyclic amines) is 1. The van der Waals surface area contributed by atoms with E-state index in [0.29, 0.717) is 43.2 Å². The van der Waals surface area contributed by atoms with Gasteiger partial charge in [-0.3, -0.25) is 9.59 Å². The maximum Gasteiger partial charge on any atom is 0.295 e. The van der Waals surface area contributed by atoms with Gasteiger partial charge in [-0.15, -0.1) is 0 Å². The summed E-state index contributed by atoms with van der Waals surface area (Å²) in [4.78, 5) is 29.0. The number of benzene rings is 2. The molecule has 0 spiro atoms. The lowest BCUT2D eigenvalue weighted by molar-refractivity contribution is -0.908. The molecule has 9 heteroatoms. The minimum atomic E-state index is -0.893. The van der Waals surface area contributed by atoms with Crippen LogP contribution in [0.3, 0.4) is 0 Å². The number of ketones is 1. The van der Waals surface area contributed by atoms with Crippen LogP contribution in [0, 0.1) is 5.82 Å². The number of morpholine rings is 1. The third kappa shape index (κ3) is 5.16. The van der Waals surface area contributed by atoms with Gasteiger partial charge in [-0.1, -0.05) is 24.0 Å². The van der Waals surface area contributed by atoms with Crippen molar-refractivity contribution in [2.75, 3.05) is 53.6 Å². The molecule has 35 heavy (non-hydrogen) atoms. The van der Waals surface area contributed by atoms with Gasteiger partial charge in [0, 0.05) is 18.5 Å². The third-order valence-electron chi connectivity index (χ3n) is 6.49. The molecule has 1 amide bonds. The highest BCUT2D eigenvalue weighted by atomic mass is 19.1. The summed E-state index contributed by atoms with van der Waals surface area (Å²) >= 11 is 0. The van der Waals surface area contributed by atoms with Crippen molar-refractivity contribution in [1.82, 2.24) is 4.90 Å². The highest BCUT2D eigenvalue weighted by molar-refractivity contribution is 6.46. The maximum atomic E-state index is 13.6. The van der Waals surface area contributed by atoms with Crippen LogP contribution in [0.2, 0.25) is 0 Å². The number of hydrogen-bond donors (Lipinski definition) is 1. The quantitative estimate of drug-likeness (QED) is 0.331. The first-order valence-electron chi connectivity index (χ1n) is 11.6. The Morgan fingerprint density at radius 3 is 2.43 bits per heavy atom. The lowest BCUT2D eigenvalue weighted by atomic mass is 9.95. The average Bonchev–Trinajstić information content (AvgIpc) is 3.14. The first kappa shape index (κ1) is 24.7. The van der Waals surface area contributed by atoms with Crippen LogP contribution >= 0.6 is 0 Å². The summed E-state index contributed by atoms with van der Waals surface area (Å²) in [6, 6.07) is 9.23. The van der Waals surface area contributed by atoms with Gasteiger partial charge in [-0.05, 0) is 35.4 Å². The van der Waals surface area contributed by atoms with Crippen molar-refractivity contribution in [2.24, 2.45) is 0 Å². The van der Waals surface area contributed by atoms with E-state index in [0.717, 1.165) is 19.6 Å². The van der Waals surface area contributed by atoms with E-state index in [1.54, 1.807) is 6.07 Å². The lowest BCUT2D eigenvalue weighted by Gasteiger charge is -2.29. The molecule has 2 fully saturated rings. The Kier molecular flexibility index (Phi) is 7.67. The van der Waals surface area contributed by atoms with E-state index in [2.05, 4.69) is 0 Å². The Hall–Kier alpha value is -3.43. The summed E-state index contributed by atoms with van der Waals surface area (Å²) in [5.74, 6) is -1.80. The molecule has 2 aliphatic rings. The molecule has 0 aliphatic carbocycles. The third-order valence-corrected chi connectivity index (χ3v) is 6.49. The average molecular weight is 485 g/mol. The zero-order chi connectivity index (χ0) is 24.9. The van der Waals surface area contributed by atoms with E-state index in [1.165, 1.54) is 60.4 Å². The van der Waals surface area contributed by atoms with Crippen LogP contribution in [0.1, 0.15) is 23.6 Å². The molecule has 186 valence electrons. The van der Waals surface area contributed by atoms with E-state index in [-0.39, 0.29) is 11.1 Å². The minimum Gasteiger partial charge on any atom is -0.872 e. The monoisotopic (exact) mass is 484 g/mol. The van der Waals surface area contributed by atoms with Crippen LogP contribution in [0.5, 0.6) is 11.5 Å². The molecule has 8 nitrogen and oxygen atoms in total. The topological polar surface area (TPSA) is 92.6 Å². The van der Waals surface area contributed by atoms with Gasteiger partial charge >= 0.3 is 0 Å². The molecule has 0 radical (unpaired) electrons. The van der Waals surface area contributed by atoms with Crippen molar-refractivity contribution in [2.45, 2.75) is 12.5 Å². The number of halogens is 1. The number of rotatable bonds is 8. The number of ether oxygens (including phenoxy) is 3. The van der Waals surface area contributed by atoms with Crippen molar-refractivity contribution in [3.05, 3.63) is 65.0 Å². The molecule has 4 rings (SSSR count). The SMILES string of the molecule is COc1ccc(/C([O-])=C2\C(=O)C(=O)N(CCC[NH+]3CCOCC3)C2c2ccc(F)cc2)cc1OC. The van der Waals surface area contributed by atoms with Gasteiger partial charge in [0.25, 0.3) is 5.91 Å². The van der Waals surface area contributed by atoms with Crippen molar-refractivity contribution in [1.29, 1.82) is 0 Å². The molecule has 2 aromatic rings. The van der Waals surface area contributed by atoms with Crippen LogP contribution in [-0.2, 0) is 14.3 Å². The number of carbonyl (C=O) groups excluding carboxylic acids is 2. The predicted octanol–water partition coefficient (Wildman–Crippen LogP) is 0.372. The Labute approximate surface area is 203 Å². The molecule has 0 bridgehead atoms. The number of amides is 1. The summed E-state index contributed by atoms with van der Waals surface area (Å²) in [6.07, 6.45) is 0.657. The molecule has 2 heterocycles. The van der Waals surface area contributed by atoms with Crippen LogP contribution in [-0.4, -0.2) is 70.2 Å². The number of carbonyl (C=O) groups is 2. The zero-order valence-corrected chi connectivity index (χ0v) is 19.8. The molecule has 1 N–H and O–H groups in total. The molecule has 0 saturated carbocycles. The van der Waals surface area contributed by atoms with Crippen molar-refractivity contribution < 1.29 is 38.2 Å². The van der Waals surface area contributed by atoms with Gasteiger partial charge < -0.3 is 29.1 Å². The van der Waals surface area contributed by atoms with Gasteiger partial charge in [-0.25, -0.2) is 4.39 Å². The fraction of sp³-hybridized carbons (Fsp3) is 0.385. The van der Waals surface area contributed by atoms with E-state index >= 15 is 0 Å². The van der Waals surface area contributed by atoms with Gasteiger partial charge in [0.05, 0.1) is 40.0 Å². The second kappa shape index (κ2) is 10.9. The number of hydrogen-bond acceptors (Lipinski definition) is 6. The first-order chi connectivity index (χ1) is 16.9. The molecular weight excluding hydrogens is 455 g/mol. The molecule has 2 saturated heterocycles. The zero-order valence-electron chi connectivity index (χ0n) is 19.8. The summed E-state index contributed by atoms with van der Waals surface area (Å²) in [5, 5.41) is 13.6. The Morgan fingerprint density at radius 2 is 1.77 bits per heavy atom. The van der Waals surface area contributed by atoms with Crippen LogP contribution < -0.4 is 19.5 Å². The summed E-state index contributed by atoms with van der Waals surface area (Å²) in [6.45, 7) is 4.31. The van der Waals surface area contributed by atoms with Crippen molar-refractivity contribution in [3.8, 4) is 11.5 Å². The van der Waals surface area contributed by atoms with Crippen LogP contribution in [0.4, 0.5) is 4.39 Å². The number of methoxy groups -OCH3 is 2. The van der Waals surface area contributed by atoms with Crippen molar-refractivity contribution in [3.63, 3.8) is 0 Å². The van der Waals surface area contributed by atoms with E-state index in [4.69, 9.17) is 14.2 Å². The van der Waals surface area contributed by atoms with Crippen molar-refractivity contribution >= 4 is 17.4 Å². The molecule has 1 atom stereocenters. The molecule has 2 aliphatic heterocycles. The molecule has 0 aromatic heterocycles. The lowest BCUT2D eigenvalue weighted by Crippen LogP contribution is -3.14. The standard InChI is InChI=1S/C26H29FN2O6/c1-33-20-9-6-18(16-21(20)34-2)24(30)22-23(17-4-7-19(27)8-5-17)29(26(32)25(22)31)11-3-10-28-12-14-35-15-13-28/h4-9,16,23,30H,3,10-15H2,1-2H3/b24-22+. The van der Waals surface area contributed by atoms with Gasteiger partial charge in [0.1, 0.15) is 18.9 Å². The Balaban J connectivity index is 1.69.